The van der Waals surface area contributed by atoms with Gasteiger partial charge in [0, 0.05) is 13.2 Å². The first-order valence-corrected chi connectivity index (χ1v) is 17.9. The lowest BCUT2D eigenvalue weighted by molar-refractivity contribution is 0.00963. The Morgan fingerprint density at radius 3 is 1.42 bits per heavy atom. The van der Waals surface area contributed by atoms with Gasteiger partial charge in [0.25, 0.3) is 0 Å². The first-order chi connectivity index (χ1) is 26.1. The maximum Gasteiger partial charge on any atom is 0.143 e. The molecule has 9 heteroatoms. The highest BCUT2D eigenvalue weighted by Crippen LogP contribution is 2.42. The normalized spacial score (nSPS) is 11.2. The lowest BCUT2D eigenvalue weighted by Crippen LogP contribution is -2.33. The molecule has 6 aromatic rings. The van der Waals surface area contributed by atoms with E-state index < -0.39 is 5.60 Å². The van der Waals surface area contributed by atoms with Crippen LogP contribution in [-0.2, 0) is 10.3 Å². The van der Waals surface area contributed by atoms with E-state index in [-0.39, 0.29) is 6.61 Å². The van der Waals surface area contributed by atoms with Crippen LogP contribution in [0.1, 0.15) is 42.4 Å². The molecule has 0 amide bonds. The average molecular weight is 712 g/mol. The summed E-state index contributed by atoms with van der Waals surface area (Å²) in [6.45, 7) is 1.74. The maximum absolute atomic E-state index is 8.94. The van der Waals surface area contributed by atoms with E-state index in [2.05, 4.69) is 46.4 Å². The lowest BCUT2D eigenvalue weighted by Gasteiger charge is -2.36. The third kappa shape index (κ3) is 9.37. The van der Waals surface area contributed by atoms with Crippen LogP contribution in [0.4, 0.5) is 0 Å². The van der Waals surface area contributed by atoms with Crippen molar-refractivity contribution >= 4 is 0 Å². The van der Waals surface area contributed by atoms with Crippen molar-refractivity contribution in [2.24, 2.45) is 0 Å². The summed E-state index contributed by atoms with van der Waals surface area (Å²) in [4.78, 5) is 14.0. The summed E-state index contributed by atoms with van der Waals surface area (Å²) in [6, 6.07) is 39.8. The molecule has 3 aromatic carbocycles. The summed E-state index contributed by atoms with van der Waals surface area (Å²) < 4.78 is 29.7. The van der Waals surface area contributed by atoms with Crippen LogP contribution in [0.5, 0.6) is 23.0 Å². The van der Waals surface area contributed by atoms with Crippen LogP contribution >= 0.6 is 0 Å². The summed E-state index contributed by atoms with van der Waals surface area (Å²) in [7, 11) is 3.34. The first-order valence-electron chi connectivity index (χ1n) is 17.9. The number of aromatic nitrogens is 3. The van der Waals surface area contributed by atoms with Crippen molar-refractivity contribution in [3.05, 3.63) is 150 Å². The number of benzene rings is 3. The fraction of sp³-hybridized carbons (Fsp3) is 0.250. The average Bonchev–Trinajstić information content (AvgIpc) is 3.23. The molecule has 0 atom stereocenters. The minimum atomic E-state index is -0.847. The second kappa shape index (κ2) is 18.6. The minimum Gasteiger partial charge on any atom is -0.497 e. The number of aliphatic hydroxyl groups is 1. The molecular weight excluding hydrogens is 666 g/mol. The molecule has 0 aliphatic rings. The van der Waals surface area contributed by atoms with E-state index in [1.807, 2.05) is 84.9 Å². The monoisotopic (exact) mass is 711 g/mol. The lowest BCUT2D eigenvalue weighted by atomic mass is 9.80. The molecule has 6 rings (SSSR count). The Morgan fingerprint density at radius 2 is 0.943 bits per heavy atom. The molecule has 0 unspecified atom stereocenters. The molecule has 0 fully saturated rings. The fourth-order valence-corrected chi connectivity index (χ4v) is 6.05. The van der Waals surface area contributed by atoms with Crippen LogP contribution in [0.25, 0.3) is 22.8 Å². The van der Waals surface area contributed by atoms with Crippen molar-refractivity contribution in [1.82, 2.24) is 15.0 Å². The number of unbranched alkanes of at least 4 members (excludes halogenated alkanes) is 2. The van der Waals surface area contributed by atoms with Gasteiger partial charge in [-0.25, -0.2) is 4.98 Å². The molecule has 0 aliphatic heterocycles. The molecule has 9 nitrogen and oxygen atoms in total. The third-order valence-corrected chi connectivity index (χ3v) is 8.87. The van der Waals surface area contributed by atoms with Gasteiger partial charge in [-0.3, -0.25) is 9.97 Å². The predicted octanol–water partition coefficient (Wildman–Crippen LogP) is 8.54. The van der Waals surface area contributed by atoms with Gasteiger partial charge >= 0.3 is 0 Å². The zero-order valence-electron chi connectivity index (χ0n) is 30.2. The van der Waals surface area contributed by atoms with Crippen LogP contribution in [0.3, 0.4) is 0 Å². The van der Waals surface area contributed by atoms with Gasteiger partial charge in [0.2, 0.25) is 0 Å². The van der Waals surface area contributed by atoms with Crippen molar-refractivity contribution in [2.45, 2.75) is 31.3 Å². The summed E-state index contributed by atoms with van der Waals surface area (Å²) in [5.41, 5.74) is 5.16. The van der Waals surface area contributed by atoms with Crippen molar-refractivity contribution in [2.75, 3.05) is 40.6 Å². The Kier molecular flexibility index (Phi) is 13.0. The third-order valence-electron chi connectivity index (χ3n) is 8.87. The SMILES string of the molecule is COc1ccc(C(OCCCCOc2ccc(-c3cccc(-c4ccc(OCCCCO)cn4)n3)nc2)(c2ccccc2)c2ccc(OC)cc2)cc1. The maximum atomic E-state index is 8.94. The Bertz CT molecular complexity index is 1920. The summed E-state index contributed by atoms with van der Waals surface area (Å²) in [6.07, 6.45) is 6.51. The second-order valence-corrected chi connectivity index (χ2v) is 12.4. The molecule has 3 heterocycles. The topological polar surface area (TPSA) is 105 Å². The number of pyridine rings is 3. The van der Waals surface area contributed by atoms with Gasteiger partial charge in [0.05, 0.1) is 62.6 Å². The van der Waals surface area contributed by atoms with Crippen LogP contribution in [0.2, 0.25) is 0 Å². The van der Waals surface area contributed by atoms with Gasteiger partial charge in [-0.1, -0.05) is 60.7 Å². The van der Waals surface area contributed by atoms with E-state index in [0.29, 0.717) is 37.7 Å². The van der Waals surface area contributed by atoms with E-state index in [9.17, 15) is 0 Å². The number of ether oxygens (including phenoxy) is 5. The minimum absolute atomic E-state index is 0.166. The van der Waals surface area contributed by atoms with Gasteiger partial charge in [-0.15, -0.1) is 0 Å². The van der Waals surface area contributed by atoms with Crippen molar-refractivity contribution < 1.29 is 28.8 Å². The Hall–Kier alpha value is -5.77. The quantitative estimate of drug-likeness (QED) is 0.0654. The van der Waals surface area contributed by atoms with E-state index in [0.717, 1.165) is 70.2 Å². The highest BCUT2D eigenvalue weighted by molar-refractivity contribution is 5.62. The molecule has 1 N–H and O–H groups in total. The molecule has 0 spiro atoms. The highest BCUT2D eigenvalue weighted by Gasteiger charge is 2.37. The van der Waals surface area contributed by atoms with Gasteiger partial charge in [-0.2, -0.15) is 0 Å². The number of nitrogens with zero attached hydrogens (tertiary/aromatic N) is 3. The predicted molar refractivity (Wildman–Crippen MR) is 206 cm³/mol. The summed E-state index contributed by atoms with van der Waals surface area (Å²) >= 11 is 0. The first kappa shape index (κ1) is 37.0. The molecule has 0 saturated heterocycles. The van der Waals surface area contributed by atoms with Crippen LogP contribution < -0.4 is 18.9 Å². The van der Waals surface area contributed by atoms with E-state index in [1.165, 1.54) is 0 Å². The second-order valence-electron chi connectivity index (χ2n) is 12.4. The Labute approximate surface area is 311 Å². The summed E-state index contributed by atoms with van der Waals surface area (Å²) in [5, 5.41) is 8.94. The number of rotatable bonds is 19. The number of aliphatic hydroxyl groups excluding tert-OH is 1. The van der Waals surface area contributed by atoms with E-state index in [4.69, 9.17) is 33.8 Å². The number of methoxy groups -OCH3 is 2. The van der Waals surface area contributed by atoms with Crippen molar-refractivity contribution in [3.63, 3.8) is 0 Å². The smallest absolute Gasteiger partial charge is 0.143 e. The molecular formula is C44H45N3O6. The van der Waals surface area contributed by atoms with Gasteiger partial charge < -0.3 is 28.8 Å². The molecule has 0 bridgehead atoms. The molecule has 0 saturated carbocycles. The van der Waals surface area contributed by atoms with Crippen molar-refractivity contribution in [3.8, 4) is 45.8 Å². The van der Waals surface area contributed by atoms with Gasteiger partial charge in [0.15, 0.2) is 0 Å². The van der Waals surface area contributed by atoms with Gasteiger partial charge in [0.1, 0.15) is 28.6 Å². The number of hydrogen-bond donors (Lipinski definition) is 1. The van der Waals surface area contributed by atoms with E-state index in [1.54, 1.807) is 26.6 Å². The van der Waals surface area contributed by atoms with Crippen LogP contribution in [0.15, 0.2) is 134 Å². The molecule has 0 radical (unpaired) electrons. The highest BCUT2D eigenvalue weighted by atomic mass is 16.5. The Morgan fingerprint density at radius 1 is 0.472 bits per heavy atom. The van der Waals surface area contributed by atoms with E-state index >= 15 is 0 Å². The molecule has 0 aliphatic carbocycles. The standard InChI is InChI=1S/C44H45N3O6/c1-49-36-19-15-34(16-20-36)44(33-11-4-3-5-12-33,35-17-21-37(50-2)22-18-35)53-30-9-8-29-52-39-24-26-41(46-32-39)43-14-10-13-42(47-43)40-25-23-38(31-45-40)51-28-7-6-27-48/h3-5,10-26,31-32,48H,6-9,27-30H2,1-2H3. The van der Waals surface area contributed by atoms with Crippen LogP contribution in [-0.4, -0.2) is 60.7 Å². The molecule has 53 heavy (non-hydrogen) atoms. The zero-order valence-corrected chi connectivity index (χ0v) is 30.2. The molecule has 272 valence electrons. The zero-order chi connectivity index (χ0) is 36.7. The summed E-state index contributed by atoms with van der Waals surface area (Å²) in [5.74, 6) is 2.95. The van der Waals surface area contributed by atoms with Crippen molar-refractivity contribution in [1.29, 1.82) is 0 Å². The Balaban J connectivity index is 1.07. The van der Waals surface area contributed by atoms with Crippen LogP contribution in [0, 0.1) is 0 Å². The molecule has 3 aromatic heterocycles. The number of hydrogen-bond acceptors (Lipinski definition) is 9. The fourth-order valence-electron chi connectivity index (χ4n) is 6.05. The van der Waals surface area contributed by atoms with Gasteiger partial charge in [-0.05, 0) is 103 Å². The largest absolute Gasteiger partial charge is 0.497 e.